The second-order valence-corrected chi connectivity index (χ2v) is 11.6. The third kappa shape index (κ3) is 7.61. The first-order valence-electron chi connectivity index (χ1n) is 11.8. The zero-order chi connectivity index (χ0) is 31.3. The molecule has 4 rings (SSSR count). The van der Waals surface area contributed by atoms with Crippen LogP contribution in [-0.4, -0.2) is 27.1 Å². The number of sulfonamides is 2. The molecule has 228 valence electrons. The maximum absolute atomic E-state index is 12.7. The fraction of sp³-hybridized carbons (Fsp3) is 0.250. The summed E-state index contributed by atoms with van der Waals surface area (Å²) in [6, 6.07) is 14.5. The van der Waals surface area contributed by atoms with Gasteiger partial charge in [0, 0.05) is 11.1 Å². The van der Waals surface area contributed by atoms with E-state index in [1.165, 1.54) is 62.4 Å². The van der Waals surface area contributed by atoms with Gasteiger partial charge in [-0.15, -0.1) is 0 Å². The van der Waals surface area contributed by atoms with Crippen LogP contribution in [0.5, 0.6) is 0 Å². The summed E-state index contributed by atoms with van der Waals surface area (Å²) in [5.74, 6) is -1.04. The lowest BCUT2D eigenvalue weighted by atomic mass is 10.2. The summed E-state index contributed by atoms with van der Waals surface area (Å²) in [7, 11) is -8.06. The van der Waals surface area contributed by atoms with Crippen LogP contribution in [0.4, 0.5) is 38.1 Å². The van der Waals surface area contributed by atoms with Gasteiger partial charge in [-0.05, 0) is 37.1 Å². The largest absolute Gasteiger partial charge is 0.437 e. The first-order valence-corrected chi connectivity index (χ1v) is 14.7. The lowest BCUT2D eigenvalue weighted by Crippen LogP contribution is -2.14. The smallest absolute Gasteiger partial charge is 0.337 e. The zero-order valence-electron chi connectivity index (χ0n) is 21.6. The van der Waals surface area contributed by atoms with Crippen molar-refractivity contribution in [3.8, 4) is 0 Å². The van der Waals surface area contributed by atoms with Gasteiger partial charge in [-0.2, -0.15) is 26.3 Å². The first-order chi connectivity index (χ1) is 19.5. The van der Waals surface area contributed by atoms with Gasteiger partial charge in [-0.3, -0.25) is 0 Å². The Labute approximate surface area is 235 Å². The van der Waals surface area contributed by atoms with E-state index < -0.39 is 55.6 Å². The normalized spacial score (nSPS) is 12.4. The lowest BCUT2D eigenvalue weighted by molar-refractivity contribution is -0.144. The van der Waals surface area contributed by atoms with Crippen LogP contribution >= 0.6 is 0 Å². The highest BCUT2D eigenvalue weighted by atomic mass is 32.2. The van der Waals surface area contributed by atoms with E-state index in [9.17, 15) is 43.2 Å². The molecule has 0 radical (unpaired) electrons. The van der Waals surface area contributed by atoms with Crippen molar-refractivity contribution in [1.82, 2.24) is 10.3 Å². The Bertz CT molecular complexity index is 1580. The Morgan fingerprint density at radius 3 is 1.19 bits per heavy atom. The second-order valence-electron chi connectivity index (χ2n) is 8.22. The average molecular weight is 641 g/mol. The standard InChI is InChI=1S/2C12H11F3N2O3S/c2*1-2-9-10(12(13,14)15)16-20-11(9)17-21(18,19)8-6-4-3-5-7-8/h2*3-7,17H,2H2,1H3. The van der Waals surface area contributed by atoms with Crippen molar-refractivity contribution in [2.24, 2.45) is 0 Å². The third-order valence-corrected chi connectivity index (χ3v) is 8.08. The van der Waals surface area contributed by atoms with Gasteiger partial charge in [-0.25, -0.2) is 26.3 Å². The number of hydrogen-bond acceptors (Lipinski definition) is 8. The Balaban J connectivity index is 0.000000230. The molecule has 42 heavy (non-hydrogen) atoms. The topological polar surface area (TPSA) is 144 Å². The number of anilines is 2. The van der Waals surface area contributed by atoms with Crippen LogP contribution in [0.25, 0.3) is 0 Å². The van der Waals surface area contributed by atoms with Gasteiger partial charge in [0.1, 0.15) is 0 Å². The van der Waals surface area contributed by atoms with E-state index in [-0.39, 0.29) is 33.8 Å². The number of aromatic nitrogens is 2. The van der Waals surface area contributed by atoms with Gasteiger partial charge in [0.15, 0.2) is 11.4 Å². The molecule has 0 atom stereocenters. The van der Waals surface area contributed by atoms with Gasteiger partial charge < -0.3 is 9.05 Å². The predicted octanol–water partition coefficient (Wildman–Crippen LogP) is 6.11. The predicted molar refractivity (Wildman–Crippen MR) is 136 cm³/mol. The number of rotatable bonds is 8. The molecule has 0 spiro atoms. The van der Waals surface area contributed by atoms with Crippen LogP contribution in [0.3, 0.4) is 0 Å². The number of nitrogens with one attached hydrogen (secondary N) is 2. The minimum absolute atomic E-state index is 0.0784. The molecule has 2 N–H and O–H groups in total. The monoisotopic (exact) mass is 640 g/mol. The Hall–Kier alpha value is -4.06. The van der Waals surface area contributed by atoms with Crippen molar-refractivity contribution in [1.29, 1.82) is 0 Å². The first kappa shape index (κ1) is 32.5. The van der Waals surface area contributed by atoms with E-state index in [2.05, 4.69) is 19.4 Å². The van der Waals surface area contributed by atoms with E-state index in [1.54, 1.807) is 12.1 Å². The van der Waals surface area contributed by atoms with E-state index in [1.807, 2.05) is 9.44 Å². The molecule has 18 heteroatoms. The molecule has 0 saturated carbocycles. The van der Waals surface area contributed by atoms with Crippen molar-refractivity contribution in [2.45, 2.75) is 48.8 Å². The molecule has 0 saturated heterocycles. The SMILES string of the molecule is CCc1c(C(F)(F)F)noc1NS(=O)(=O)c1ccccc1.CCc1c(C(F)(F)F)noc1NS(=O)(=O)c1ccccc1. The van der Waals surface area contributed by atoms with Crippen molar-refractivity contribution in [3.05, 3.63) is 83.2 Å². The molecule has 2 aromatic carbocycles. The highest BCUT2D eigenvalue weighted by Crippen LogP contribution is 2.36. The lowest BCUT2D eigenvalue weighted by Gasteiger charge is -2.07. The molecule has 0 bridgehead atoms. The Kier molecular flexibility index (Phi) is 9.61. The van der Waals surface area contributed by atoms with Crippen molar-refractivity contribution >= 4 is 31.8 Å². The van der Waals surface area contributed by atoms with Crippen molar-refractivity contribution < 1.29 is 52.2 Å². The molecule has 4 aromatic rings. The van der Waals surface area contributed by atoms with Crippen LogP contribution in [-0.2, 0) is 45.2 Å². The van der Waals surface area contributed by atoms with E-state index >= 15 is 0 Å². The highest BCUT2D eigenvalue weighted by molar-refractivity contribution is 7.93. The summed E-state index contributed by atoms with van der Waals surface area (Å²) in [6.07, 6.45) is -9.56. The number of hydrogen-bond donors (Lipinski definition) is 2. The third-order valence-electron chi connectivity index (χ3n) is 5.38. The summed E-state index contributed by atoms with van der Waals surface area (Å²) in [4.78, 5) is -0.172. The van der Waals surface area contributed by atoms with Crippen LogP contribution in [0.1, 0.15) is 36.4 Å². The quantitative estimate of drug-likeness (QED) is 0.220. The maximum atomic E-state index is 12.7. The minimum atomic E-state index is -4.70. The minimum Gasteiger partial charge on any atom is -0.337 e. The maximum Gasteiger partial charge on any atom is 0.437 e. The molecule has 2 aromatic heterocycles. The number of nitrogens with zero attached hydrogens (tertiary/aromatic N) is 2. The number of benzene rings is 2. The molecule has 2 heterocycles. The summed E-state index contributed by atoms with van der Waals surface area (Å²) in [6.45, 7) is 2.89. The van der Waals surface area contributed by atoms with Gasteiger partial charge in [0.05, 0.1) is 9.79 Å². The van der Waals surface area contributed by atoms with Gasteiger partial charge in [-0.1, -0.05) is 60.6 Å². The molecule has 0 fully saturated rings. The molecule has 0 unspecified atom stereocenters. The summed E-state index contributed by atoms with van der Waals surface area (Å²) >= 11 is 0. The van der Waals surface area contributed by atoms with Crippen molar-refractivity contribution in [3.63, 3.8) is 0 Å². The molecular formula is C24H22F6N4O6S2. The second kappa shape index (κ2) is 12.4. The van der Waals surface area contributed by atoms with Crippen LogP contribution < -0.4 is 9.44 Å². The Morgan fingerprint density at radius 1 is 0.619 bits per heavy atom. The van der Waals surface area contributed by atoms with E-state index in [0.29, 0.717) is 0 Å². The molecule has 0 amide bonds. The average Bonchev–Trinajstić information content (AvgIpc) is 3.53. The molecule has 0 aliphatic heterocycles. The van der Waals surface area contributed by atoms with Crippen LogP contribution in [0.15, 0.2) is 79.5 Å². The van der Waals surface area contributed by atoms with Gasteiger partial charge in [0.2, 0.25) is 11.8 Å². The number of halogens is 6. The molecular weight excluding hydrogens is 618 g/mol. The van der Waals surface area contributed by atoms with E-state index in [4.69, 9.17) is 0 Å². The van der Waals surface area contributed by atoms with Crippen molar-refractivity contribution in [2.75, 3.05) is 9.44 Å². The van der Waals surface area contributed by atoms with Crippen LogP contribution in [0.2, 0.25) is 0 Å². The highest BCUT2D eigenvalue weighted by Gasteiger charge is 2.40. The molecule has 0 aliphatic rings. The molecule has 10 nitrogen and oxygen atoms in total. The van der Waals surface area contributed by atoms with Crippen LogP contribution in [0, 0.1) is 0 Å². The zero-order valence-corrected chi connectivity index (χ0v) is 23.2. The Morgan fingerprint density at radius 2 is 0.929 bits per heavy atom. The summed E-state index contributed by atoms with van der Waals surface area (Å²) in [5, 5.41) is 5.82. The number of alkyl halides is 6. The van der Waals surface area contributed by atoms with E-state index in [0.717, 1.165) is 0 Å². The molecule has 0 aliphatic carbocycles. The summed E-state index contributed by atoms with van der Waals surface area (Å²) < 4.78 is 137. The van der Waals surface area contributed by atoms with Gasteiger partial charge >= 0.3 is 12.4 Å². The fourth-order valence-corrected chi connectivity index (χ4v) is 5.52. The summed E-state index contributed by atoms with van der Waals surface area (Å²) in [5.41, 5.74) is -3.12. The fourth-order valence-electron chi connectivity index (χ4n) is 3.44. The van der Waals surface area contributed by atoms with Gasteiger partial charge in [0.25, 0.3) is 20.0 Å².